The second-order valence-corrected chi connectivity index (χ2v) is 8.31. The second kappa shape index (κ2) is 8.50. The molecule has 2 heterocycles. The van der Waals surface area contributed by atoms with Gasteiger partial charge >= 0.3 is 0 Å². The predicted octanol–water partition coefficient (Wildman–Crippen LogP) is 4.36. The van der Waals surface area contributed by atoms with E-state index in [9.17, 15) is 9.59 Å². The monoisotopic (exact) mass is 440 g/mol. The number of rotatable bonds is 6. The Balaban J connectivity index is 1.52. The third-order valence-electron chi connectivity index (χ3n) is 5.96. The summed E-state index contributed by atoms with van der Waals surface area (Å²) >= 11 is 0. The smallest absolute Gasteiger partial charge is 0.259 e. The van der Waals surface area contributed by atoms with Crippen LogP contribution in [0.2, 0.25) is 0 Å². The molecule has 0 spiro atoms. The molecule has 0 aliphatic heterocycles. The Hall–Kier alpha value is -4.00. The number of carbonyl (C=O) groups is 2. The first kappa shape index (κ1) is 20.9. The highest BCUT2D eigenvalue weighted by Gasteiger charge is 2.34. The summed E-state index contributed by atoms with van der Waals surface area (Å²) in [4.78, 5) is 32.2. The first-order valence-electron chi connectivity index (χ1n) is 11.0. The van der Waals surface area contributed by atoms with Crippen molar-refractivity contribution >= 4 is 22.9 Å². The summed E-state index contributed by atoms with van der Waals surface area (Å²) in [6, 6.07) is 19.1. The van der Waals surface area contributed by atoms with Crippen LogP contribution in [0, 0.1) is 6.92 Å². The molecule has 7 nitrogen and oxygen atoms in total. The van der Waals surface area contributed by atoms with E-state index in [4.69, 9.17) is 4.52 Å². The van der Waals surface area contributed by atoms with Crippen LogP contribution in [0.25, 0.3) is 22.4 Å². The van der Waals surface area contributed by atoms with Gasteiger partial charge in [-0.2, -0.15) is 0 Å². The Kier molecular flexibility index (Phi) is 5.38. The fourth-order valence-electron chi connectivity index (χ4n) is 4.03. The molecule has 2 amide bonds. The van der Waals surface area contributed by atoms with Crippen molar-refractivity contribution in [1.29, 1.82) is 0 Å². The Bertz CT molecular complexity index is 1330. The van der Waals surface area contributed by atoms with Gasteiger partial charge in [0.1, 0.15) is 0 Å². The van der Waals surface area contributed by atoms with E-state index in [1.807, 2.05) is 60.4 Å². The molecule has 2 aromatic carbocycles. The Labute approximate surface area is 191 Å². The molecule has 1 saturated carbocycles. The Morgan fingerprint density at radius 3 is 2.48 bits per heavy atom. The van der Waals surface area contributed by atoms with Crippen LogP contribution in [-0.2, 0) is 6.54 Å². The van der Waals surface area contributed by atoms with Crippen LogP contribution in [0.3, 0.4) is 0 Å². The lowest BCUT2D eigenvalue weighted by Crippen LogP contribution is -2.33. The van der Waals surface area contributed by atoms with Crippen LogP contribution in [0.4, 0.5) is 0 Å². The maximum atomic E-state index is 13.9. The minimum Gasteiger partial charge on any atom is -0.355 e. The number of hydrogen-bond acceptors (Lipinski definition) is 5. The molecule has 4 aromatic rings. The normalized spacial score (nSPS) is 13.2. The highest BCUT2D eigenvalue weighted by Crippen LogP contribution is 2.33. The molecule has 0 saturated heterocycles. The van der Waals surface area contributed by atoms with E-state index < -0.39 is 0 Å². The van der Waals surface area contributed by atoms with Crippen LogP contribution in [-0.4, -0.2) is 39.9 Å². The molecule has 33 heavy (non-hydrogen) atoms. The van der Waals surface area contributed by atoms with Crippen LogP contribution in [0.5, 0.6) is 0 Å². The van der Waals surface area contributed by atoms with Gasteiger partial charge < -0.3 is 14.7 Å². The molecule has 1 fully saturated rings. The van der Waals surface area contributed by atoms with Gasteiger partial charge in [-0.3, -0.25) is 9.59 Å². The predicted molar refractivity (Wildman–Crippen MR) is 125 cm³/mol. The zero-order valence-electron chi connectivity index (χ0n) is 18.5. The lowest BCUT2D eigenvalue weighted by atomic mass is 10.0. The third kappa shape index (κ3) is 4.09. The van der Waals surface area contributed by atoms with Crippen molar-refractivity contribution in [2.24, 2.45) is 0 Å². The summed E-state index contributed by atoms with van der Waals surface area (Å²) in [7, 11) is 1.61. The lowest BCUT2D eigenvalue weighted by molar-refractivity contribution is 0.0731. The summed E-state index contributed by atoms with van der Waals surface area (Å²) in [5.74, 6) is -0.198. The van der Waals surface area contributed by atoms with Gasteiger partial charge in [0, 0.05) is 30.8 Å². The molecule has 166 valence electrons. The summed E-state index contributed by atoms with van der Waals surface area (Å²) in [6.45, 7) is 2.29. The molecule has 0 radical (unpaired) electrons. The first-order chi connectivity index (χ1) is 16.0. The van der Waals surface area contributed by atoms with Crippen molar-refractivity contribution < 1.29 is 14.1 Å². The van der Waals surface area contributed by atoms with E-state index in [1.165, 1.54) is 0 Å². The largest absolute Gasteiger partial charge is 0.355 e. The third-order valence-corrected chi connectivity index (χ3v) is 5.96. The van der Waals surface area contributed by atoms with Crippen molar-refractivity contribution in [2.75, 3.05) is 7.05 Å². The van der Waals surface area contributed by atoms with Gasteiger partial charge in [0.25, 0.3) is 17.5 Å². The van der Waals surface area contributed by atoms with Crippen molar-refractivity contribution in [3.05, 3.63) is 83.0 Å². The van der Waals surface area contributed by atoms with Crippen molar-refractivity contribution in [3.63, 3.8) is 0 Å². The SMILES string of the molecule is CNC(=O)c1ccc(CN(C(=O)c2cc(-c3ccccc3)nc3onc(C)c23)C2CC2)cc1. The number of hydrogen-bond donors (Lipinski definition) is 1. The van der Waals surface area contributed by atoms with Crippen molar-refractivity contribution in [2.45, 2.75) is 32.4 Å². The van der Waals surface area contributed by atoms with E-state index >= 15 is 0 Å². The van der Waals surface area contributed by atoms with Gasteiger partial charge in [-0.1, -0.05) is 47.6 Å². The van der Waals surface area contributed by atoms with Crippen molar-refractivity contribution in [3.8, 4) is 11.3 Å². The number of fused-ring (bicyclic) bond motifs is 1. The average Bonchev–Trinajstić information content (AvgIpc) is 3.64. The van der Waals surface area contributed by atoms with Crippen LogP contribution < -0.4 is 5.32 Å². The van der Waals surface area contributed by atoms with E-state index in [-0.39, 0.29) is 17.9 Å². The highest BCUT2D eigenvalue weighted by atomic mass is 16.5. The standard InChI is InChI=1S/C26H24N4O3/c1-16-23-21(14-22(28-25(23)33-29-16)18-6-4-3-5-7-18)26(32)30(20-12-13-20)15-17-8-10-19(11-9-17)24(31)27-2/h3-11,14,20H,12-13,15H2,1-2H3,(H,27,31). The van der Waals surface area contributed by atoms with Gasteiger partial charge in [0.2, 0.25) is 0 Å². The topological polar surface area (TPSA) is 88.3 Å². The van der Waals surface area contributed by atoms with Crippen LogP contribution in [0.1, 0.15) is 44.8 Å². The summed E-state index contributed by atoms with van der Waals surface area (Å²) < 4.78 is 5.45. The maximum absolute atomic E-state index is 13.9. The van der Waals surface area contributed by atoms with Crippen molar-refractivity contribution in [1.82, 2.24) is 20.4 Å². The molecular weight excluding hydrogens is 416 g/mol. The minimum absolute atomic E-state index is 0.0660. The van der Waals surface area contributed by atoms with Gasteiger partial charge in [0.15, 0.2) is 0 Å². The van der Waals surface area contributed by atoms with Gasteiger partial charge in [-0.05, 0) is 43.5 Å². The number of pyridine rings is 1. The molecule has 1 aliphatic carbocycles. The highest BCUT2D eigenvalue weighted by molar-refractivity contribution is 6.07. The van der Waals surface area contributed by atoms with Gasteiger partial charge in [-0.15, -0.1) is 0 Å². The number of nitrogens with one attached hydrogen (secondary N) is 1. The molecule has 5 rings (SSSR count). The fourth-order valence-corrected chi connectivity index (χ4v) is 4.03. The van der Waals surface area contributed by atoms with E-state index in [1.54, 1.807) is 19.2 Å². The molecule has 0 atom stereocenters. The van der Waals surface area contributed by atoms with Crippen LogP contribution in [0.15, 0.2) is 65.2 Å². The number of aryl methyl sites for hydroxylation is 1. The summed E-state index contributed by atoms with van der Waals surface area (Å²) in [6.07, 6.45) is 1.95. The molecule has 0 bridgehead atoms. The minimum atomic E-state index is -0.132. The molecule has 2 aromatic heterocycles. The van der Waals surface area contributed by atoms with Crippen LogP contribution >= 0.6 is 0 Å². The summed E-state index contributed by atoms with van der Waals surface area (Å²) in [5.41, 5.74) is 4.70. The van der Waals surface area contributed by atoms with E-state index in [2.05, 4.69) is 15.5 Å². The zero-order chi connectivity index (χ0) is 22.9. The second-order valence-electron chi connectivity index (χ2n) is 8.31. The number of benzene rings is 2. The number of amides is 2. The molecular formula is C26H24N4O3. The number of carbonyl (C=O) groups excluding carboxylic acids is 2. The summed E-state index contributed by atoms with van der Waals surface area (Å²) in [5, 5.41) is 7.34. The molecule has 7 heteroatoms. The molecule has 1 N–H and O–H groups in total. The lowest BCUT2D eigenvalue weighted by Gasteiger charge is -2.23. The Morgan fingerprint density at radius 1 is 1.09 bits per heavy atom. The first-order valence-corrected chi connectivity index (χ1v) is 11.0. The quantitative estimate of drug-likeness (QED) is 0.481. The fraction of sp³-hybridized carbons (Fsp3) is 0.231. The van der Waals surface area contributed by atoms with Gasteiger partial charge in [-0.25, -0.2) is 4.98 Å². The van der Waals surface area contributed by atoms with E-state index in [0.29, 0.717) is 40.2 Å². The zero-order valence-corrected chi connectivity index (χ0v) is 18.5. The molecule has 1 aliphatic rings. The Morgan fingerprint density at radius 2 is 1.82 bits per heavy atom. The maximum Gasteiger partial charge on any atom is 0.259 e. The number of aromatic nitrogens is 2. The average molecular weight is 441 g/mol. The number of nitrogens with zero attached hydrogens (tertiary/aromatic N) is 3. The van der Waals surface area contributed by atoms with Gasteiger partial charge in [0.05, 0.1) is 22.3 Å². The van der Waals surface area contributed by atoms with E-state index in [0.717, 1.165) is 24.0 Å². The molecule has 0 unspecified atom stereocenters.